The molecule has 2 aromatic rings. The molecule has 1 aromatic carbocycles. The number of nitro groups is 1. The first-order chi connectivity index (χ1) is 16.6. The second-order valence-electron chi connectivity index (χ2n) is 11.0. The highest BCUT2D eigenvalue weighted by atomic mass is 16.6. The minimum absolute atomic E-state index is 0.00754. The standard InChI is InChI=1S/C25H38N6O4/c1-25(2,3)23-19(9-5-8-12-29(23)24(32)33)27-20-16-21-18(15-22(20)31(34)35)17-26-30(21)14-13-28-10-6-4-7-11-28/h15-17,19,23,27H,4-14H2,1-3H3,(H,32,33)/t19?,23-/m0/s1. The van der Waals surface area contributed by atoms with Gasteiger partial charge in [0, 0.05) is 30.6 Å². The fourth-order valence-corrected chi connectivity index (χ4v) is 5.78. The number of anilines is 1. The van der Waals surface area contributed by atoms with E-state index < -0.39 is 6.09 Å². The number of carbonyl (C=O) groups is 1. The molecule has 2 atom stereocenters. The molecule has 2 fully saturated rings. The van der Waals surface area contributed by atoms with Crippen molar-refractivity contribution in [1.82, 2.24) is 19.6 Å². The fraction of sp³-hybridized carbons (Fsp3) is 0.680. The molecule has 1 amide bonds. The Morgan fingerprint density at radius 1 is 1.14 bits per heavy atom. The second-order valence-corrected chi connectivity index (χ2v) is 11.0. The molecule has 10 heteroatoms. The highest BCUT2D eigenvalue weighted by Gasteiger charge is 2.41. The van der Waals surface area contributed by atoms with Crippen LogP contribution in [0.1, 0.15) is 59.3 Å². The van der Waals surface area contributed by atoms with Crippen molar-refractivity contribution in [1.29, 1.82) is 0 Å². The molecule has 0 spiro atoms. The monoisotopic (exact) mass is 486 g/mol. The lowest BCUT2D eigenvalue weighted by Crippen LogP contribution is -2.54. The van der Waals surface area contributed by atoms with Crippen molar-refractivity contribution in [2.75, 3.05) is 31.5 Å². The van der Waals surface area contributed by atoms with Crippen LogP contribution in [0.5, 0.6) is 0 Å². The van der Waals surface area contributed by atoms with Crippen LogP contribution in [0.15, 0.2) is 18.3 Å². The van der Waals surface area contributed by atoms with E-state index in [0.29, 0.717) is 12.2 Å². The van der Waals surface area contributed by atoms with Gasteiger partial charge in [-0.3, -0.25) is 14.8 Å². The third-order valence-electron chi connectivity index (χ3n) is 7.39. The number of aromatic nitrogens is 2. The average Bonchev–Trinajstić information content (AvgIpc) is 3.05. The molecule has 2 N–H and O–H groups in total. The topological polar surface area (TPSA) is 117 Å². The van der Waals surface area contributed by atoms with Crippen LogP contribution in [0.2, 0.25) is 0 Å². The lowest BCUT2D eigenvalue weighted by Gasteiger charge is -2.42. The van der Waals surface area contributed by atoms with Gasteiger partial charge in [0.15, 0.2) is 0 Å². The number of hydrogen-bond donors (Lipinski definition) is 2. The van der Waals surface area contributed by atoms with E-state index in [2.05, 4.69) is 15.3 Å². The zero-order valence-corrected chi connectivity index (χ0v) is 21.1. The van der Waals surface area contributed by atoms with E-state index >= 15 is 0 Å². The van der Waals surface area contributed by atoms with Gasteiger partial charge in [-0.05, 0) is 56.7 Å². The molecular formula is C25H38N6O4. The van der Waals surface area contributed by atoms with Crippen molar-refractivity contribution in [3.63, 3.8) is 0 Å². The zero-order valence-electron chi connectivity index (χ0n) is 21.1. The molecule has 4 rings (SSSR count). The lowest BCUT2D eigenvalue weighted by molar-refractivity contribution is -0.383. The van der Waals surface area contributed by atoms with Crippen molar-refractivity contribution in [2.24, 2.45) is 5.41 Å². The summed E-state index contributed by atoms with van der Waals surface area (Å²) in [7, 11) is 0. The molecule has 3 heterocycles. The first-order valence-corrected chi connectivity index (χ1v) is 12.8. The number of amides is 1. The molecular weight excluding hydrogens is 448 g/mol. The first kappa shape index (κ1) is 25.2. The number of rotatable bonds is 6. The molecule has 35 heavy (non-hydrogen) atoms. The molecule has 0 radical (unpaired) electrons. The van der Waals surface area contributed by atoms with Crippen LogP contribution >= 0.6 is 0 Å². The van der Waals surface area contributed by atoms with Crippen LogP contribution in [0.4, 0.5) is 16.2 Å². The summed E-state index contributed by atoms with van der Waals surface area (Å²) in [6.45, 7) is 10.4. The summed E-state index contributed by atoms with van der Waals surface area (Å²) < 4.78 is 1.93. The smallest absolute Gasteiger partial charge is 0.407 e. The van der Waals surface area contributed by atoms with E-state index in [-0.39, 0.29) is 28.1 Å². The van der Waals surface area contributed by atoms with Gasteiger partial charge in [0.2, 0.25) is 0 Å². The van der Waals surface area contributed by atoms with Crippen molar-refractivity contribution in [2.45, 2.75) is 77.9 Å². The molecule has 1 aromatic heterocycles. The molecule has 1 unspecified atom stereocenters. The summed E-state index contributed by atoms with van der Waals surface area (Å²) in [5, 5.41) is 30.6. The predicted molar refractivity (Wildman–Crippen MR) is 136 cm³/mol. The number of fused-ring (bicyclic) bond motifs is 1. The molecule has 2 aliphatic rings. The molecule has 192 valence electrons. The van der Waals surface area contributed by atoms with Gasteiger partial charge in [-0.2, -0.15) is 5.10 Å². The van der Waals surface area contributed by atoms with Crippen LogP contribution in [0.3, 0.4) is 0 Å². The van der Waals surface area contributed by atoms with Crippen molar-refractivity contribution in [3.8, 4) is 0 Å². The number of likely N-dealkylation sites (tertiary alicyclic amines) is 2. The van der Waals surface area contributed by atoms with Gasteiger partial charge in [-0.1, -0.05) is 27.2 Å². The first-order valence-electron chi connectivity index (χ1n) is 12.8. The Labute approximate surface area is 206 Å². The minimum Gasteiger partial charge on any atom is -0.465 e. The van der Waals surface area contributed by atoms with E-state index in [4.69, 9.17) is 0 Å². The van der Waals surface area contributed by atoms with Crippen LogP contribution in [0.25, 0.3) is 10.9 Å². The molecule has 2 aliphatic heterocycles. The molecule has 0 saturated carbocycles. The Morgan fingerprint density at radius 2 is 1.86 bits per heavy atom. The maximum atomic E-state index is 12.1. The van der Waals surface area contributed by atoms with Crippen molar-refractivity contribution in [3.05, 3.63) is 28.4 Å². The van der Waals surface area contributed by atoms with Crippen molar-refractivity contribution >= 4 is 28.4 Å². The predicted octanol–water partition coefficient (Wildman–Crippen LogP) is 4.79. The van der Waals surface area contributed by atoms with Crippen LogP contribution in [0, 0.1) is 15.5 Å². The number of piperidine rings is 1. The van der Waals surface area contributed by atoms with E-state index in [0.717, 1.165) is 56.3 Å². The van der Waals surface area contributed by atoms with Gasteiger partial charge >= 0.3 is 6.09 Å². The number of nitro benzene ring substituents is 1. The van der Waals surface area contributed by atoms with Gasteiger partial charge < -0.3 is 20.2 Å². The Kier molecular flexibility index (Phi) is 7.49. The fourth-order valence-electron chi connectivity index (χ4n) is 5.78. The molecule has 0 aliphatic carbocycles. The highest BCUT2D eigenvalue weighted by molar-refractivity contribution is 5.87. The summed E-state index contributed by atoms with van der Waals surface area (Å²) in [4.78, 5) is 27.7. The van der Waals surface area contributed by atoms with Gasteiger partial charge in [-0.15, -0.1) is 0 Å². The van der Waals surface area contributed by atoms with Crippen LogP contribution in [-0.2, 0) is 6.54 Å². The number of nitrogens with zero attached hydrogens (tertiary/aromatic N) is 5. The Morgan fingerprint density at radius 3 is 2.51 bits per heavy atom. The summed E-state index contributed by atoms with van der Waals surface area (Å²) in [5.41, 5.74) is 0.932. The maximum absolute atomic E-state index is 12.1. The third-order valence-corrected chi connectivity index (χ3v) is 7.39. The van der Waals surface area contributed by atoms with E-state index in [1.807, 2.05) is 31.5 Å². The van der Waals surface area contributed by atoms with E-state index in [1.54, 1.807) is 12.3 Å². The summed E-state index contributed by atoms with van der Waals surface area (Å²) in [5.74, 6) is 0. The number of benzene rings is 1. The average molecular weight is 487 g/mol. The zero-order chi connectivity index (χ0) is 25.2. The second kappa shape index (κ2) is 10.4. The van der Waals surface area contributed by atoms with Gasteiger partial charge in [0.05, 0.1) is 29.2 Å². The number of nitrogens with one attached hydrogen (secondary N) is 1. The Balaban J connectivity index is 1.66. The van der Waals surface area contributed by atoms with E-state index in [1.165, 1.54) is 24.2 Å². The van der Waals surface area contributed by atoms with E-state index in [9.17, 15) is 20.0 Å². The van der Waals surface area contributed by atoms with Crippen LogP contribution in [-0.4, -0.2) is 74.0 Å². The summed E-state index contributed by atoms with van der Waals surface area (Å²) in [6.07, 6.45) is 6.87. The maximum Gasteiger partial charge on any atom is 0.407 e. The van der Waals surface area contributed by atoms with Gasteiger partial charge in [0.1, 0.15) is 5.69 Å². The highest BCUT2D eigenvalue weighted by Crippen LogP contribution is 2.37. The number of hydrogen-bond acceptors (Lipinski definition) is 6. The van der Waals surface area contributed by atoms with Crippen LogP contribution < -0.4 is 5.32 Å². The molecule has 10 nitrogen and oxygen atoms in total. The third kappa shape index (κ3) is 5.69. The van der Waals surface area contributed by atoms with Gasteiger partial charge in [0.25, 0.3) is 5.69 Å². The Bertz CT molecular complexity index is 1060. The minimum atomic E-state index is -0.945. The molecule has 2 saturated heterocycles. The Hall–Kier alpha value is -2.88. The normalized spacial score (nSPS) is 22.2. The lowest BCUT2D eigenvalue weighted by atomic mass is 9.80. The van der Waals surface area contributed by atoms with Crippen molar-refractivity contribution < 1.29 is 14.8 Å². The largest absolute Gasteiger partial charge is 0.465 e. The van der Waals surface area contributed by atoms with Gasteiger partial charge in [-0.25, -0.2) is 4.79 Å². The summed E-state index contributed by atoms with van der Waals surface area (Å²) >= 11 is 0. The number of carboxylic acid groups (broad SMARTS) is 1. The quantitative estimate of drug-likeness (QED) is 0.445. The summed E-state index contributed by atoms with van der Waals surface area (Å²) in [6, 6.07) is 2.85. The molecule has 0 bridgehead atoms. The SMILES string of the molecule is CC(C)(C)[C@@H]1C(Nc2cc3c(cnn3CCN3CCCCC3)cc2[N+](=O)[O-])CCCCN1C(=O)O.